The summed E-state index contributed by atoms with van der Waals surface area (Å²) in [5.41, 5.74) is 4.61. The highest BCUT2D eigenvalue weighted by Crippen LogP contribution is 2.36. The van der Waals surface area contributed by atoms with E-state index in [4.69, 9.17) is 14.5 Å². The second kappa shape index (κ2) is 10.2. The first-order chi connectivity index (χ1) is 18.0. The lowest BCUT2D eigenvalue weighted by Gasteiger charge is -2.15. The van der Waals surface area contributed by atoms with Crippen molar-refractivity contribution in [1.82, 2.24) is 4.48 Å². The molecule has 0 radical (unpaired) electrons. The molecule has 0 bridgehead atoms. The first-order valence-electron chi connectivity index (χ1n) is 11.6. The first kappa shape index (κ1) is 24.1. The molecule has 8 heteroatoms. The van der Waals surface area contributed by atoms with E-state index in [1.807, 2.05) is 36.4 Å². The van der Waals surface area contributed by atoms with Crippen LogP contribution < -0.4 is 9.47 Å². The fourth-order valence-corrected chi connectivity index (χ4v) is 4.34. The average molecular weight is 496 g/mol. The zero-order chi connectivity index (χ0) is 25.9. The normalized spacial score (nSPS) is 13.9. The van der Waals surface area contributed by atoms with Gasteiger partial charge >= 0.3 is 7.40 Å². The summed E-state index contributed by atoms with van der Waals surface area (Å²) in [5, 5.41) is 9.84. The van der Waals surface area contributed by atoms with Gasteiger partial charge in [0.25, 0.3) is 0 Å². The van der Waals surface area contributed by atoms with E-state index in [0.717, 1.165) is 15.8 Å². The molecule has 2 heterocycles. The molecule has 5 nitrogen and oxygen atoms in total. The molecule has 0 unspecified atom stereocenters. The van der Waals surface area contributed by atoms with Gasteiger partial charge in [-0.2, -0.15) is 0 Å². The molecular formula is C29H23BF2N2O3. The molecule has 184 valence electrons. The Bertz CT molecular complexity index is 1500. The van der Waals surface area contributed by atoms with E-state index in [-0.39, 0.29) is 5.75 Å². The number of allylic oxidation sites excluding steroid dienone is 2. The van der Waals surface area contributed by atoms with Crippen LogP contribution in [0.5, 0.6) is 17.2 Å². The highest BCUT2D eigenvalue weighted by Gasteiger charge is 2.28. The monoisotopic (exact) mass is 496 g/mol. The number of methoxy groups -OCH3 is 2. The molecule has 37 heavy (non-hydrogen) atoms. The van der Waals surface area contributed by atoms with E-state index in [0.29, 0.717) is 45.2 Å². The maximum absolute atomic E-state index is 14.6. The Kier molecular flexibility index (Phi) is 6.64. The largest absolute Gasteiger partial charge is 0.678 e. The van der Waals surface area contributed by atoms with Gasteiger partial charge in [0.2, 0.25) is 0 Å². The van der Waals surface area contributed by atoms with E-state index in [1.165, 1.54) is 12.1 Å². The van der Waals surface area contributed by atoms with Gasteiger partial charge in [0.1, 0.15) is 17.2 Å². The summed E-state index contributed by atoms with van der Waals surface area (Å²) in [7, 11) is 0.358. The lowest BCUT2D eigenvalue weighted by Crippen LogP contribution is -2.17. The minimum Gasteiger partial charge on any atom is -0.508 e. The number of ether oxygens (including phenoxy) is 2. The highest BCUT2D eigenvalue weighted by atomic mass is 19.2. The van der Waals surface area contributed by atoms with Gasteiger partial charge in [-0.3, -0.25) is 8.63 Å². The molecule has 5 rings (SSSR count). The number of halogens is 2. The minimum absolute atomic E-state index is 0.0839. The Morgan fingerprint density at radius 1 is 0.757 bits per heavy atom. The number of phenolic OH excluding ortho intramolecular Hbond substituents is 1. The quantitative estimate of drug-likeness (QED) is 0.299. The van der Waals surface area contributed by atoms with Crippen molar-refractivity contribution >= 4 is 18.7 Å². The summed E-state index contributed by atoms with van der Waals surface area (Å²) in [6.45, 7) is 0. The summed E-state index contributed by atoms with van der Waals surface area (Å²) in [4.78, 5) is 4.80. The van der Waals surface area contributed by atoms with Gasteiger partial charge in [0.05, 0.1) is 25.6 Å². The minimum atomic E-state index is -2.80. The van der Waals surface area contributed by atoms with Crippen LogP contribution in [0.3, 0.4) is 0 Å². The van der Waals surface area contributed by atoms with Crippen molar-refractivity contribution in [2.24, 2.45) is 4.99 Å². The number of aromatic nitrogens is 1. The van der Waals surface area contributed by atoms with Crippen LogP contribution >= 0.6 is 0 Å². The third-order valence-corrected chi connectivity index (χ3v) is 6.19. The first-order valence-corrected chi connectivity index (χ1v) is 11.6. The molecule has 0 aliphatic carbocycles. The Balaban J connectivity index is 1.68. The van der Waals surface area contributed by atoms with E-state index >= 15 is 0 Å². The fraction of sp³-hybridized carbons (Fsp3) is 0.0690. The average Bonchev–Trinajstić information content (AvgIpc) is 3.59. The number of hydrogen-bond acceptors (Lipinski definition) is 4. The van der Waals surface area contributed by atoms with Gasteiger partial charge < -0.3 is 19.1 Å². The third kappa shape index (κ3) is 4.78. The lowest BCUT2D eigenvalue weighted by atomic mass is 9.98. The molecule has 0 amide bonds. The third-order valence-electron chi connectivity index (χ3n) is 6.19. The van der Waals surface area contributed by atoms with Crippen LogP contribution in [-0.2, 0) is 0 Å². The van der Waals surface area contributed by atoms with Crippen molar-refractivity contribution in [3.8, 4) is 28.5 Å². The van der Waals surface area contributed by atoms with E-state index in [9.17, 15) is 13.7 Å². The van der Waals surface area contributed by atoms with Crippen LogP contribution in [-0.4, -0.2) is 36.9 Å². The molecular weight excluding hydrogens is 473 g/mol. The van der Waals surface area contributed by atoms with Crippen molar-refractivity contribution in [1.29, 1.82) is 0 Å². The molecule has 0 atom stereocenters. The molecule has 0 spiro atoms. The molecule has 1 aliphatic rings. The lowest BCUT2D eigenvalue weighted by molar-refractivity contribution is 0.414. The highest BCUT2D eigenvalue weighted by molar-refractivity contribution is 6.42. The van der Waals surface area contributed by atoms with Crippen LogP contribution in [0.15, 0.2) is 108 Å². The van der Waals surface area contributed by atoms with Crippen LogP contribution in [0.2, 0.25) is 0 Å². The van der Waals surface area contributed by atoms with Crippen molar-refractivity contribution in [2.45, 2.75) is 0 Å². The van der Waals surface area contributed by atoms with Crippen molar-refractivity contribution in [3.63, 3.8) is 0 Å². The van der Waals surface area contributed by atoms with Crippen molar-refractivity contribution in [3.05, 3.63) is 120 Å². The Labute approximate surface area is 213 Å². The molecule has 1 aliphatic heterocycles. The summed E-state index contributed by atoms with van der Waals surface area (Å²) < 4.78 is 40.7. The van der Waals surface area contributed by atoms with Crippen LogP contribution in [0.25, 0.3) is 16.8 Å². The number of rotatable bonds is 7. The predicted octanol–water partition coefficient (Wildman–Crippen LogP) is 6.47. The predicted molar refractivity (Wildman–Crippen MR) is 143 cm³/mol. The molecule has 0 fully saturated rings. The molecule has 0 saturated carbocycles. The molecule has 1 aromatic heterocycles. The van der Waals surface area contributed by atoms with E-state index in [1.54, 1.807) is 62.8 Å². The summed E-state index contributed by atoms with van der Waals surface area (Å²) in [5.74, 6) is 1.45. The summed E-state index contributed by atoms with van der Waals surface area (Å²) in [6, 6.07) is 24.3. The Morgan fingerprint density at radius 3 is 1.92 bits per heavy atom. The maximum atomic E-state index is 14.6. The van der Waals surface area contributed by atoms with Gasteiger partial charge in [-0.25, -0.2) is 4.99 Å². The number of benzene rings is 3. The standard InChI is InChI=1S/C29H23BF2N2O3/c1-36-23-11-5-19(6-12-23)25-15-16-26(33-25)29(21-3-9-22(35)10-4-21)28-18-17-27(34(28)30(31)32)20-7-13-24(37-2)14-8-20/h3-18,35H,1-2H3/b29-26-. The number of aromatic hydroxyl groups is 1. The Hall–Kier alpha value is -4.59. The van der Waals surface area contributed by atoms with Gasteiger partial charge in [0, 0.05) is 22.5 Å². The van der Waals surface area contributed by atoms with E-state index in [2.05, 4.69) is 0 Å². The van der Waals surface area contributed by atoms with E-state index < -0.39 is 7.40 Å². The van der Waals surface area contributed by atoms with Gasteiger partial charge in [-0.1, -0.05) is 12.1 Å². The van der Waals surface area contributed by atoms with Crippen LogP contribution in [0.1, 0.15) is 16.8 Å². The summed E-state index contributed by atoms with van der Waals surface area (Å²) >= 11 is 0. The second-order valence-corrected chi connectivity index (χ2v) is 8.35. The fourth-order valence-electron chi connectivity index (χ4n) is 4.34. The van der Waals surface area contributed by atoms with Crippen molar-refractivity contribution in [2.75, 3.05) is 14.2 Å². The number of phenols is 1. The maximum Gasteiger partial charge on any atom is 0.678 e. The second-order valence-electron chi connectivity index (χ2n) is 8.35. The molecule has 0 saturated heterocycles. The SMILES string of the molecule is COc1ccc(C2=N/C(=C(/c3ccc(O)cc3)c3ccc(-c4ccc(OC)cc4)n3B(F)F)C=C2)cc1. The van der Waals surface area contributed by atoms with Gasteiger partial charge in [0.15, 0.2) is 0 Å². The van der Waals surface area contributed by atoms with Crippen LogP contribution in [0.4, 0.5) is 8.63 Å². The molecule has 4 aromatic rings. The van der Waals surface area contributed by atoms with Gasteiger partial charge in [-0.15, -0.1) is 0 Å². The number of nitrogens with zero attached hydrogens (tertiary/aromatic N) is 2. The zero-order valence-electron chi connectivity index (χ0n) is 20.2. The topological polar surface area (TPSA) is 56.0 Å². The Morgan fingerprint density at radius 2 is 1.35 bits per heavy atom. The number of aliphatic imine (C=N–C) groups is 1. The summed E-state index contributed by atoms with van der Waals surface area (Å²) in [6.07, 6.45) is 3.68. The zero-order valence-corrected chi connectivity index (χ0v) is 20.2. The van der Waals surface area contributed by atoms with Crippen LogP contribution in [0, 0.1) is 0 Å². The number of hydrogen-bond donors (Lipinski definition) is 1. The van der Waals surface area contributed by atoms with Gasteiger partial charge in [-0.05, 0) is 96.1 Å². The molecule has 3 aromatic carbocycles. The molecule has 1 N–H and O–H groups in total. The van der Waals surface area contributed by atoms with Crippen molar-refractivity contribution < 1.29 is 23.2 Å². The smallest absolute Gasteiger partial charge is 0.508 e.